The van der Waals surface area contributed by atoms with Gasteiger partial charge in [0.25, 0.3) is 5.91 Å². The second kappa shape index (κ2) is 11.8. The highest BCUT2D eigenvalue weighted by Crippen LogP contribution is 2.20. The molecule has 190 valence electrons. The number of hydrogen-bond acceptors (Lipinski definition) is 5. The fourth-order valence-electron chi connectivity index (χ4n) is 4.31. The molecule has 4 rings (SSSR count). The zero-order valence-electron chi connectivity index (χ0n) is 19.9. The second-order valence-electron chi connectivity index (χ2n) is 8.90. The number of carboxylic acids is 1. The Morgan fingerprint density at radius 1 is 1.14 bits per heavy atom. The van der Waals surface area contributed by atoms with Crippen molar-refractivity contribution in [2.75, 3.05) is 13.1 Å². The molecule has 0 aliphatic carbocycles. The number of aromatic nitrogens is 2. The number of benzene rings is 1. The lowest BCUT2D eigenvalue weighted by atomic mass is 10.0. The number of nitrogens with one attached hydrogen (secondary N) is 4. The van der Waals surface area contributed by atoms with Crippen LogP contribution < -0.4 is 16.0 Å². The molecule has 36 heavy (non-hydrogen) atoms. The highest BCUT2D eigenvalue weighted by molar-refractivity contribution is 6.00. The Labute approximate surface area is 207 Å². The summed E-state index contributed by atoms with van der Waals surface area (Å²) in [5.74, 6) is -3.03. The molecule has 0 unspecified atom stereocenters. The van der Waals surface area contributed by atoms with E-state index in [1.807, 2.05) is 6.07 Å². The van der Waals surface area contributed by atoms with Crippen LogP contribution in [0.15, 0.2) is 36.4 Å². The van der Waals surface area contributed by atoms with Gasteiger partial charge in [-0.05, 0) is 49.4 Å². The van der Waals surface area contributed by atoms with Crippen LogP contribution in [0, 0.1) is 5.82 Å². The van der Waals surface area contributed by atoms with Crippen LogP contribution in [0.25, 0.3) is 10.9 Å². The van der Waals surface area contributed by atoms with Crippen molar-refractivity contribution in [2.45, 2.75) is 51.1 Å². The predicted molar refractivity (Wildman–Crippen MR) is 132 cm³/mol. The largest absolute Gasteiger partial charge is 0.480 e. The predicted octanol–water partition coefficient (Wildman–Crippen LogP) is 2.45. The molecule has 5 N–H and O–H groups in total. The topological polar surface area (TPSA) is 136 Å². The molecule has 3 aromatic rings. The molecule has 2 aromatic heterocycles. The van der Waals surface area contributed by atoms with Crippen molar-refractivity contribution < 1.29 is 23.9 Å². The van der Waals surface area contributed by atoms with Crippen molar-refractivity contribution in [1.29, 1.82) is 0 Å². The molecule has 1 aromatic carbocycles. The number of fused-ring (bicyclic) bond motifs is 2. The number of pyridine rings is 1. The summed E-state index contributed by atoms with van der Waals surface area (Å²) in [6, 6.07) is 9.38. The maximum Gasteiger partial charge on any atom is 0.326 e. The first kappa shape index (κ1) is 25.3. The van der Waals surface area contributed by atoms with E-state index < -0.39 is 23.7 Å². The van der Waals surface area contributed by atoms with Gasteiger partial charge >= 0.3 is 5.97 Å². The number of aliphatic carboxylic acids is 1. The number of unbranched alkanes of at least 4 members (excludes halogenated alkanes) is 1. The minimum absolute atomic E-state index is 0.0252. The van der Waals surface area contributed by atoms with Crippen LogP contribution in [0.1, 0.15) is 53.1 Å². The molecule has 3 heterocycles. The number of nitrogens with zero attached hydrogens (tertiary/aromatic N) is 1. The van der Waals surface area contributed by atoms with E-state index in [9.17, 15) is 23.9 Å². The number of rotatable bonds is 11. The molecule has 0 bridgehead atoms. The van der Waals surface area contributed by atoms with Crippen molar-refractivity contribution >= 4 is 28.7 Å². The number of H-pyrrole nitrogens is 1. The van der Waals surface area contributed by atoms with E-state index in [-0.39, 0.29) is 30.0 Å². The molecule has 0 radical (unpaired) electrons. The van der Waals surface area contributed by atoms with Gasteiger partial charge in [-0.1, -0.05) is 18.2 Å². The quantitative estimate of drug-likeness (QED) is 0.259. The Kier molecular flexibility index (Phi) is 8.27. The SMILES string of the molecule is O=C(CCCCc1ccc2c(n1)CCNC2)NCC[C@H](NC(=O)c1[nH]c2ccccc2c1F)C(=O)O. The highest BCUT2D eigenvalue weighted by Gasteiger charge is 2.24. The van der Waals surface area contributed by atoms with Gasteiger partial charge in [0.15, 0.2) is 5.82 Å². The second-order valence-corrected chi connectivity index (χ2v) is 8.90. The van der Waals surface area contributed by atoms with Gasteiger partial charge in [-0.2, -0.15) is 0 Å². The Hall–Kier alpha value is -3.79. The fourth-order valence-corrected chi connectivity index (χ4v) is 4.31. The number of aryl methyl sites for hydroxylation is 1. The fraction of sp³-hybridized carbons (Fsp3) is 0.385. The van der Waals surface area contributed by atoms with Crippen LogP contribution in [0.5, 0.6) is 0 Å². The van der Waals surface area contributed by atoms with Gasteiger partial charge in [0.05, 0.1) is 0 Å². The average Bonchev–Trinajstić information content (AvgIpc) is 3.22. The lowest BCUT2D eigenvalue weighted by Crippen LogP contribution is -2.43. The third-order valence-electron chi connectivity index (χ3n) is 6.30. The molecule has 0 saturated carbocycles. The number of amides is 2. The van der Waals surface area contributed by atoms with Gasteiger partial charge in [0.1, 0.15) is 11.7 Å². The third-order valence-corrected chi connectivity index (χ3v) is 6.30. The van der Waals surface area contributed by atoms with Crippen molar-refractivity contribution in [1.82, 2.24) is 25.9 Å². The van der Waals surface area contributed by atoms with Crippen molar-refractivity contribution in [3.05, 3.63) is 64.9 Å². The standard InChI is InChI=1S/C26H30FN5O4/c27-23-18-6-2-3-7-20(18)31-24(23)25(34)32-21(26(35)36)12-14-29-22(33)8-4-1-5-17-10-9-16-15-28-13-11-19(16)30-17/h2-3,6-7,9-10,21,28,31H,1,4-5,8,11-15H2,(H,29,33)(H,32,34)(H,35,36)/t21-/m0/s1. The molecule has 0 spiro atoms. The average molecular weight is 496 g/mol. The molecule has 1 aliphatic heterocycles. The maximum absolute atomic E-state index is 14.5. The van der Waals surface area contributed by atoms with E-state index >= 15 is 0 Å². The summed E-state index contributed by atoms with van der Waals surface area (Å²) in [7, 11) is 0. The molecule has 2 amide bonds. The van der Waals surface area contributed by atoms with Crippen molar-refractivity contribution in [3.63, 3.8) is 0 Å². The summed E-state index contributed by atoms with van der Waals surface area (Å²) in [6.07, 6.45) is 3.53. The minimum atomic E-state index is -1.27. The van der Waals surface area contributed by atoms with Gasteiger partial charge in [-0.25, -0.2) is 9.18 Å². The van der Waals surface area contributed by atoms with Gasteiger partial charge in [0.2, 0.25) is 5.91 Å². The number of halogens is 1. The van der Waals surface area contributed by atoms with E-state index in [0.29, 0.717) is 18.4 Å². The monoisotopic (exact) mass is 495 g/mol. The first-order chi connectivity index (χ1) is 17.4. The number of para-hydroxylation sites is 1. The van der Waals surface area contributed by atoms with Crippen LogP contribution in [-0.4, -0.2) is 52.0 Å². The van der Waals surface area contributed by atoms with Gasteiger partial charge in [-0.15, -0.1) is 0 Å². The van der Waals surface area contributed by atoms with E-state index in [1.54, 1.807) is 18.2 Å². The molecule has 0 saturated heterocycles. The molecular formula is C26H30FN5O4. The van der Waals surface area contributed by atoms with Crippen LogP contribution in [0.3, 0.4) is 0 Å². The van der Waals surface area contributed by atoms with Gasteiger partial charge < -0.3 is 26.0 Å². The molecule has 9 nitrogen and oxygen atoms in total. The summed E-state index contributed by atoms with van der Waals surface area (Å²) in [4.78, 5) is 43.6. The lowest BCUT2D eigenvalue weighted by molar-refractivity contribution is -0.139. The summed E-state index contributed by atoms with van der Waals surface area (Å²) in [5.41, 5.74) is 3.54. The highest BCUT2D eigenvalue weighted by atomic mass is 19.1. The maximum atomic E-state index is 14.5. The van der Waals surface area contributed by atoms with Crippen LogP contribution >= 0.6 is 0 Å². The summed E-state index contributed by atoms with van der Waals surface area (Å²) >= 11 is 0. The summed E-state index contributed by atoms with van der Waals surface area (Å²) in [5, 5.41) is 18.1. The lowest BCUT2D eigenvalue weighted by Gasteiger charge is -2.16. The summed E-state index contributed by atoms with van der Waals surface area (Å²) < 4.78 is 14.5. The minimum Gasteiger partial charge on any atom is -0.480 e. The normalized spacial score (nSPS) is 13.7. The van der Waals surface area contributed by atoms with E-state index in [2.05, 4.69) is 27.0 Å². The zero-order valence-corrected chi connectivity index (χ0v) is 19.9. The molecule has 1 aliphatic rings. The van der Waals surface area contributed by atoms with E-state index in [0.717, 1.165) is 43.7 Å². The molecular weight excluding hydrogens is 465 g/mol. The number of carboxylic acid groups (broad SMARTS) is 1. The number of carbonyl (C=O) groups is 3. The Balaban J connectivity index is 1.18. The molecule has 1 atom stereocenters. The Morgan fingerprint density at radius 3 is 2.78 bits per heavy atom. The Bertz CT molecular complexity index is 1260. The number of aromatic amines is 1. The van der Waals surface area contributed by atoms with Gasteiger partial charge in [0, 0.05) is 54.8 Å². The first-order valence-electron chi connectivity index (χ1n) is 12.2. The van der Waals surface area contributed by atoms with Crippen LogP contribution in [0.4, 0.5) is 4.39 Å². The van der Waals surface area contributed by atoms with E-state index in [1.165, 1.54) is 11.6 Å². The zero-order chi connectivity index (χ0) is 25.5. The molecule has 10 heteroatoms. The number of carbonyl (C=O) groups excluding carboxylic acids is 2. The van der Waals surface area contributed by atoms with E-state index in [4.69, 9.17) is 4.98 Å². The summed E-state index contributed by atoms with van der Waals surface area (Å²) in [6.45, 7) is 1.87. The van der Waals surface area contributed by atoms with Crippen LogP contribution in [-0.2, 0) is 29.0 Å². The first-order valence-corrected chi connectivity index (χ1v) is 12.2. The molecule has 0 fully saturated rings. The smallest absolute Gasteiger partial charge is 0.326 e. The van der Waals surface area contributed by atoms with Crippen LogP contribution in [0.2, 0.25) is 0 Å². The Morgan fingerprint density at radius 2 is 1.97 bits per heavy atom. The van der Waals surface area contributed by atoms with Gasteiger partial charge in [-0.3, -0.25) is 14.6 Å². The third kappa shape index (κ3) is 6.25. The number of hydrogen-bond donors (Lipinski definition) is 5. The van der Waals surface area contributed by atoms with Crippen molar-refractivity contribution in [3.8, 4) is 0 Å². The van der Waals surface area contributed by atoms with Crippen molar-refractivity contribution in [2.24, 2.45) is 0 Å².